The summed E-state index contributed by atoms with van der Waals surface area (Å²) in [4.78, 5) is 29.6. The number of carbonyl (C=O) groups is 2. The van der Waals surface area contributed by atoms with Gasteiger partial charge in [-0.25, -0.2) is 4.98 Å². The lowest BCUT2D eigenvalue weighted by Crippen LogP contribution is -2.25. The van der Waals surface area contributed by atoms with Crippen LogP contribution in [0, 0.1) is 0 Å². The molecule has 0 unspecified atom stereocenters. The highest BCUT2D eigenvalue weighted by molar-refractivity contribution is 6.06. The minimum atomic E-state index is -0.391. The fourth-order valence-electron chi connectivity index (χ4n) is 2.82. The third-order valence-electron chi connectivity index (χ3n) is 4.21. The molecular weight excluding hydrogens is 356 g/mol. The van der Waals surface area contributed by atoms with Gasteiger partial charge in [-0.2, -0.15) is 0 Å². The quantitative estimate of drug-likeness (QED) is 0.586. The van der Waals surface area contributed by atoms with Gasteiger partial charge in [0.05, 0.1) is 12.1 Å². The highest BCUT2D eigenvalue weighted by atomic mass is 16.5. The van der Waals surface area contributed by atoms with E-state index in [1.54, 1.807) is 47.0 Å². The molecule has 7 heteroatoms. The summed E-state index contributed by atoms with van der Waals surface area (Å²) in [5, 5.41) is 5.67. The van der Waals surface area contributed by atoms with E-state index in [-0.39, 0.29) is 17.4 Å². The Morgan fingerprint density at radius 1 is 1.07 bits per heavy atom. The number of fused-ring (bicyclic) bond motifs is 1. The summed E-state index contributed by atoms with van der Waals surface area (Å²) in [5.74, 6) is 0.221. The van der Waals surface area contributed by atoms with Crippen molar-refractivity contribution in [3.05, 3.63) is 60.2 Å². The summed E-state index contributed by atoms with van der Waals surface area (Å²) in [5.41, 5.74) is 1.46. The molecule has 7 nitrogen and oxygen atoms in total. The number of unbranched alkanes of at least 4 members (excludes halogenated alkanes) is 1. The number of imidazole rings is 1. The second kappa shape index (κ2) is 9.03. The second-order valence-corrected chi connectivity index (χ2v) is 6.26. The molecule has 0 saturated carbocycles. The molecule has 0 aliphatic carbocycles. The molecular formula is C21H24N4O3. The maximum absolute atomic E-state index is 12.8. The van der Waals surface area contributed by atoms with Crippen LogP contribution in [-0.2, 0) is 0 Å². The van der Waals surface area contributed by atoms with Crippen LogP contribution in [0.1, 0.15) is 47.8 Å². The number of hydrogen-bond donors (Lipinski definition) is 2. The third-order valence-corrected chi connectivity index (χ3v) is 4.21. The van der Waals surface area contributed by atoms with Crippen LogP contribution in [-0.4, -0.2) is 34.4 Å². The Morgan fingerprint density at radius 2 is 1.86 bits per heavy atom. The standard InChI is InChI=1S/C21H24N4O3/c1-3-5-13-22-20(26)18-17-8-6-7-14-25(17)19(24-18)21(27)23-15-9-11-16(12-10-15)28-4-2/h6-12,14H,3-5,13H2,1-2H3,(H,22,26)(H,23,27). The monoisotopic (exact) mass is 380 g/mol. The molecule has 1 aromatic carbocycles. The predicted octanol–water partition coefficient (Wildman–Crippen LogP) is 3.52. The molecule has 0 aliphatic rings. The number of anilines is 1. The van der Waals surface area contributed by atoms with E-state index in [1.807, 2.05) is 13.0 Å². The number of hydrogen-bond acceptors (Lipinski definition) is 4. The van der Waals surface area contributed by atoms with Gasteiger partial charge in [0.2, 0.25) is 5.82 Å². The Balaban J connectivity index is 1.83. The average molecular weight is 380 g/mol. The van der Waals surface area contributed by atoms with Crippen molar-refractivity contribution in [3.8, 4) is 5.75 Å². The minimum absolute atomic E-state index is 0.158. The van der Waals surface area contributed by atoms with Gasteiger partial charge in [0.25, 0.3) is 11.8 Å². The zero-order chi connectivity index (χ0) is 19.9. The number of ether oxygens (including phenoxy) is 1. The first-order valence-electron chi connectivity index (χ1n) is 9.43. The molecule has 0 aliphatic heterocycles. The smallest absolute Gasteiger partial charge is 0.292 e. The molecule has 0 atom stereocenters. The zero-order valence-corrected chi connectivity index (χ0v) is 16.1. The van der Waals surface area contributed by atoms with Gasteiger partial charge in [-0.05, 0) is 49.7 Å². The summed E-state index contributed by atoms with van der Waals surface area (Å²) in [6.07, 6.45) is 3.60. The van der Waals surface area contributed by atoms with Crippen molar-refractivity contribution in [3.63, 3.8) is 0 Å². The number of carbonyl (C=O) groups excluding carboxylic acids is 2. The van der Waals surface area contributed by atoms with Crippen LogP contribution >= 0.6 is 0 Å². The van der Waals surface area contributed by atoms with Gasteiger partial charge in [0, 0.05) is 18.4 Å². The summed E-state index contributed by atoms with van der Waals surface area (Å²) in [6, 6.07) is 12.5. The largest absolute Gasteiger partial charge is 0.494 e. The van der Waals surface area contributed by atoms with Crippen molar-refractivity contribution in [1.82, 2.24) is 14.7 Å². The molecule has 28 heavy (non-hydrogen) atoms. The lowest BCUT2D eigenvalue weighted by atomic mass is 10.3. The summed E-state index contributed by atoms with van der Waals surface area (Å²) < 4.78 is 7.03. The summed E-state index contributed by atoms with van der Waals surface area (Å²) in [6.45, 7) is 5.13. The van der Waals surface area contributed by atoms with Crippen LogP contribution in [0.3, 0.4) is 0 Å². The first kappa shape index (κ1) is 19.4. The highest BCUT2D eigenvalue weighted by Crippen LogP contribution is 2.18. The van der Waals surface area contributed by atoms with E-state index in [9.17, 15) is 9.59 Å². The van der Waals surface area contributed by atoms with E-state index >= 15 is 0 Å². The SMILES string of the molecule is CCCCNC(=O)c1nc(C(=O)Nc2ccc(OCC)cc2)n2ccccc12. The van der Waals surface area contributed by atoms with Gasteiger partial charge < -0.3 is 15.4 Å². The summed E-state index contributed by atoms with van der Waals surface area (Å²) in [7, 11) is 0. The lowest BCUT2D eigenvalue weighted by molar-refractivity contribution is 0.0950. The minimum Gasteiger partial charge on any atom is -0.494 e. The van der Waals surface area contributed by atoms with Gasteiger partial charge in [-0.1, -0.05) is 19.4 Å². The fraction of sp³-hybridized carbons (Fsp3) is 0.286. The Labute approximate surface area is 163 Å². The number of aromatic nitrogens is 2. The Morgan fingerprint density at radius 3 is 2.57 bits per heavy atom. The first-order chi connectivity index (χ1) is 13.6. The van der Waals surface area contributed by atoms with Gasteiger partial charge in [0.1, 0.15) is 5.75 Å². The van der Waals surface area contributed by atoms with Crippen molar-refractivity contribution in [2.75, 3.05) is 18.5 Å². The van der Waals surface area contributed by atoms with Crippen LogP contribution in [0.5, 0.6) is 5.75 Å². The Kier molecular flexibility index (Phi) is 6.26. The van der Waals surface area contributed by atoms with Crippen LogP contribution in [0.4, 0.5) is 5.69 Å². The van der Waals surface area contributed by atoms with Crippen molar-refractivity contribution >= 4 is 23.0 Å². The van der Waals surface area contributed by atoms with E-state index in [2.05, 4.69) is 22.5 Å². The first-order valence-corrected chi connectivity index (χ1v) is 9.43. The van der Waals surface area contributed by atoms with Crippen LogP contribution in [0.2, 0.25) is 0 Å². The molecule has 3 aromatic rings. The molecule has 0 radical (unpaired) electrons. The maximum Gasteiger partial charge on any atom is 0.292 e. The molecule has 0 saturated heterocycles. The van der Waals surface area contributed by atoms with Gasteiger partial charge in [-0.15, -0.1) is 0 Å². The average Bonchev–Trinajstić information content (AvgIpc) is 3.10. The van der Waals surface area contributed by atoms with E-state index < -0.39 is 5.91 Å². The zero-order valence-electron chi connectivity index (χ0n) is 16.1. The number of amides is 2. The maximum atomic E-state index is 12.8. The molecule has 0 fully saturated rings. The number of nitrogens with zero attached hydrogens (tertiary/aromatic N) is 2. The number of rotatable bonds is 8. The van der Waals surface area contributed by atoms with E-state index in [1.165, 1.54) is 0 Å². The second-order valence-electron chi connectivity index (χ2n) is 6.26. The molecule has 3 rings (SSSR count). The molecule has 0 spiro atoms. The molecule has 2 aromatic heterocycles. The topological polar surface area (TPSA) is 84.7 Å². The van der Waals surface area contributed by atoms with Crippen LogP contribution in [0.25, 0.3) is 5.52 Å². The van der Waals surface area contributed by atoms with Crippen molar-refractivity contribution in [2.45, 2.75) is 26.7 Å². The van der Waals surface area contributed by atoms with Crippen LogP contribution < -0.4 is 15.4 Å². The normalized spacial score (nSPS) is 10.6. The number of pyridine rings is 1. The molecule has 2 N–H and O–H groups in total. The van der Waals surface area contributed by atoms with E-state index in [0.29, 0.717) is 24.4 Å². The molecule has 0 bridgehead atoms. The molecule has 2 heterocycles. The number of benzene rings is 1. The Bertz CT molecular complexity index is 963. The lowest BCUT2D eigenvalue weighted by Gasteiger charge is -2.06. The van der Waals surface area contributed by atoms with Crippen molar-refractivity contribution in [1.29, 1.82) is 0 Å². The van der Waals surface area contributed by atoms with Crippen molar-refractivity contribution in [2.24, 2.45) is 0 Å². The van der Waals surface area contributed by atoms with Gasteiger partial charge in [-0.3, -0.25) is 14.0 Å². The van der Waals surface area contributed by atoms with Gasteiger partial charge >= 0.3 is 0 Å². The number of nitrogens with one attached hydrogen (secondary N) is 2. The highest BCUT2D eigenvalue weighted by Gasteiger charge is 2.21. The molecule has 146 valence electrons. The van der Waals surface area contributed by atoms with E-state index in [4.69, 9.17) is 4.74 Å². The Hall–Kier alpha value is -3.35. The summed E-state index contributed by atoms with van der Waals surface area (Å²) >= 11 is 0. The third kappa shape index (κ3) is 4.31. The van der Waals surface area contributed by atoms with Crippen molar-refractivity contribution < 1.29 is 14.3 Å². The van der Waals surface area contributed by atoms with Gasteiger partial charge in [0.15, 0.2) is 5.69 Å². The van der Waals surface area contributed by atoms with Crippen LogP contribution in [0.15, 0.2) is 48.7 Å². The molecule has 2 amide bonds. The fourth-order valence-corrected chi connectivity index (χ4v) is 2.82. The predicted molar refractivity (Wildman–Crippen MR) is 108 cm³/mol. The van der Waals surface area contributed by atoms with E-state index in [0.717, 1.165) is 18.6 Å².